The van der Waals surface area contributed by atoms with E-state index in [0.29, 0.717) is 22.2 Å². The summed E-state index contributed by atoms with van der Waals surface area (Å²) in [6.07, 6.45) is 3.50. The van der Waals surface area contributed by atoms with Crippen LogP contribution in [-0.2, 0) is 9.53 Å². The van der Waals surface area contributed by atoms with Gasteiger partial charge in [-0.2, -0.15) is 0 Å². The average Bonchev–Trinajstić information content (AvgIpc) is 2.84. The quantitative estimate of drug-likeness (QED) is 0.798. The van der Waals surface area contributed by atoms with Crippen molar-refractivity contribution in [3.63, 3.8) is 0 Å². The summed E-state index contributed by atoms with van der Waals surface area (Å²) in [5, 5.41) is 3.48. The maximum atomic E-state index is 11.8. The van der Waals surface area contributed by atoms with Crippen molar-refractivity contribution < 1.29 is 9.53 Å². The minimum atomic E-state index is -0.234. The highest BCUT2D eigenvalue weighted by atomic mass is 35.5. The number of aryl methyl sites for hydroxylation is 1. The maximum Gasteiger partial charge on any atom is 0.251 e. The summed E-state index contributed by atoms with van der Waals surface area (Å²) in [6, 6.07) is 7.40. The lowest BCUT2D eigenvalue weighted by Gasteiger charge is -2.07. The Bertz CT molecular complexity index is 858. The van der Waals surface area contributed by atoms with Crippen molar-refractivity contribution in [2.75, 3.05) is 19.0 Å². The van der Waals surface area contributed by atoms with Gasteiger partial charge in [-0.05, 0) is 19.1 Å². The third kappa shape index (κ3) is 3.18. The molecule has 2 heterocycles. The average molecular weight is 331 g/mol. The van der Waals surface area contributed by atoms with Gasteiger partial charge in [0.1, 0.15) is 12.4 Å². The van der Waals surface area contributed by atoms with E-state index < -0.39 is 0 Å². The Morgan fingerprint density at radius 1 is 1.35 bits per heavy atom. The second-order valence-corrected chi connectivity index (χ2v) is 5.47. The number of hydrogen-bond donors (Lipinski definition) is 1. The van der Waals surface area contributed by atoms with Gasteiger partial charge < -0.3 is 10.1 Å². The Balaban J connectivity index is 2.04. The van der Waals surface area contributed by atoms with Gasteiger partial charge in [0, 0.05) is 23.9 Å². The molecule has 0 aliphatic carbocycles. The fourth-order valence-corrected chi connectivity index (χ4v) is 2.42. The molecule has 0 bridgehead atoms. The number of nitrogens with zero attached hydrogens (tertiary/aromatic N) is 3. The van der Waals surface area contributed by atoms with E-state index in [1.807, 2.05) is 37.4 Å². The monoisotopic (exact) mass is 330 g/mol. The van der Waals surface area contributed by atoms with Crippen LogP contribution in [0.25, 0.3) is 16.9 Å². The van der Waals surface area contributed by atoms with Gasteiger partial charge in [-0.1, -0.05) is 23.7 Å². The smallest absolute Gasteiger partial charge is 0.251 e. The van der Waals surface area contributed by atoms with Crippen molar-refractivity contribution in [1.82, 2.24) is 14.4 Å². The van der Waals surface area contributed by atoms with Crippen LogP contribution >= 0.6 is 11.6 Å². The molecule has 0 atom stereocenters. The number of amides is 1. The first-order valence-electron chi connectivity index (χ1n) is 6.98. The van der Waals surface area contributed by atoms with Gasteiger partial charge in [0.05, 0.1) is 17.6 Å². The summed E-state index contributed by atoms with van der Waals surface area (Å²) in [7, 11) is 1.48. The molecule has 0 saturated heterocycles. The molecule has 23 heavy (non-hydrogen) atoms. The fraction of sp³-hybridized carbons (Fsp3) is 0.188. The van der Waals surface area contributed by atoms with Crippen molar-refractivity contribution >= 4 is 29.0 Å². The van der Waals surface area contributed by atoms with E-state index in [1.165, 1.54) is 7.11 Å². The second-order valence-electron chi connectivity index (χ2n) is 5.03. The molecular weight excluding hydrogens is 316 g/mol. The minimum Gasteiger partial charge on any atom is -0.375 e. The molecule has 0 unspecified atom stereocenters. The first kappa shape index (κ1) is 15.5. The van der Waals surface area contributed by atoms with E-state index in [9.17, 15) is 4.79 Å². The highest BCUT2D eigenvalue weighted by Gasteiger charge is 2.13. The number of imidazole rings is 1. The van der Waals surface area contributed by atoms with E-state index in [-0.39, 0.29) is 12.5 Å². The van der Waals surface area contributed by atoms with Gasteiger partial charge in [-0.15, -0.1) is 0 Å². The number of anilines is 1. The molecule has 0 radical (unpaired) electrons. The number of methoxy groups -OCH3 is 1. The molecule has 0 spiro atoms. The minimum absolute atomic E-state index is 0.0121. The molecule has 7 heteroatoms. The molecule has 3 aromatic rings. The summed E-state index contributed by atoms with van der Waals surface area (Å²) >= 11 is 5.91. The van der Waals surface area contributed by atoms with Gasteiger partial charge in [0.15, 0.2) is 5.65 Å². The number of aromatic nitrogens is 3. The van der Waals surface area contributed by atoms with E-state index in [4.69, 9.17) is 16.3 Å². The molecule has 0 saturated carbocycles. The van der Waals surface area contributed by atoms with Crippen molar-refractivity contribution in [1.29, 1.82) is 0 Å². The van der Waals surface area contributed by atoms with Gasteiger partial charge in [0.25, 0.3) is 5.91 Å². The number of carbonyl (C=O) groups excluding carboxylic acids is 1. The van der Waals surface area contributed by atoms with Crippen LogP contribution in [0.1, 0.15) is 5.69 Å². The van der Waals surface area contributed by atoms with Crippen LogP contribution in [0.3, 0.4) is 0 Å². The number of rotatable bonds is 4. The molecule has 1 aromatic carbocycles. The number of fused-ring (bicyclic) bond motifs is 1. The zero-order chi connectivity index (χ0) is 16.4. The molecule has 0 aliphatic rings. The fourth-order valence-electron chi connectivity index (χ4n) is 2.29. The molecule has 1 N–H and O–H groups in total. The lowest BCUT2D eigenvalue weighted by atomic mass is 10.2. The predicted octanol–water partition coefficient (Wildman–Crippen LogP) is 2.94. The van der Waals surface area contributed by atoms with Gasteiger partial charge in [-0.3, -0.25) is 14.2 Å². The number of nitrogens with one attached hydrogen (secondary N) is 1. The van der Waals surface area contributed by atoms with Gasteiger partial charge in [-0.25, -0.2) is 4.98 Å². The summed E-state index contributed by atoms with van der Waals surface area (Å²) in [5.74, 6) is 0.377. The summed E-state index contributed by atoms with van der Waals surface area (Å²) in [6.45, 7) is 1.82. The number of ether oxygens (including phenoxy) is 1. The largest absolute Gasteiger partial charge is 0.375 e. The SMILES string of the molecule is COCC(=O)Nc1c(C)nc2cnc(-c3ccc(Cl)cc3)cn12. The Kier molecular flexibility index (Phi) is 4.27. The predicted molar refractivity (Wildman–Crippen MR) is 88.7 cm³/mol. The lowest BCUT2D eigenvalue weighted by Crippen LogP contribution is -2.18. The Labute approximate surface area is 138 Å². The maximum absolute atomic E-state index is 11.8. The molecule has 2 aromatic heterocycles. The van der Waals surface area contributed by atoms with E-state index in [1.54, 1.807) is 10.6 Å². The van der Waals surface area contributed by atoms with Crippen LogP contribution in [0, 0.1) is 6.92 Å². The highest BCUT2D eigenvalue weighted by Crippen LogP contribution is 2.23. The zero-order valence-corrected chi connectivity index (χ0v) is 13.5. The molecule has 0 fully saturated rings. The van der Waals surface area contributed by atoms with Crippen LogP contribution in [0.2, 0.25) is 5.02 Å². The number of benzene rings is 1. The first-order valence-corrected chi connectivity index (χ1v) is 7.35. The molecule has 6 nitrogen and oxygen atoms in total. The van der Waals surface area contributed by atoms with E-state index in [2.05, 4.69) is 15.3 Å². The molecule has 3 rings (SSSR count). The van der Waals surface area contributed by atoms with E-state index in [0.717, 1.165) is 11.3 Å². The zero-order valence-electron chi connectivity index (χ0n) is 12.7. The standard InChI is InChI=1S/C16H15ClN4O2/c1-10-16(20-15(22)9-23-2)21-8-13(18-7-14(21)19-10)11-3-5-12(17)6-4-11/h3-8H,9H2,1-2H3,(H,20,22). The molecule has 118 valence electrons. The Morgan fingerprint density at radius 3 is 2.78 bits per heavy atom. The topological polar surface area (TPSA) is 68.5 Å². The van der Waals surface area contributed by atoms with Crippen LogP contribution < -0.4 is 5.32 Å². The van der Waals surface area contributed by atoms with Crippen LogP contribution in [-0.4, -0.2) is 34.0 Å². The lowest BCUT2D eigenvalue weighted by molar-refractivity contribution is -0.119. The summed E-state index contributed by atoms with van der Waals surface area (Å²) < 4.78 is 6.65. The van der Waals surface area contributed by atoms with Gasteiger partial charge >= 0.3 is 0 Å². The summed E-state index contributed by atoms with van der Waals surface area (Å²) in [5.41, 5.74) is 3.06. The number of halogens is 1. The van der Waals surface area contributed by atoms with Crippen LogP contribution in [0.4, 0.5) is 5.82 Å². The molecule has 1 amide bonds. The van der Waals surface area contributed by atoms with Crippen molar-refractivity contribution in [3.8, 4) is 11.3 Å². The van der Waals surface area contributed by atoms with Crippen LogP contribution in [0.15, 0.2) is 36.7 Å². The Morgan fingerprint density at radius 2 is 2.09 bits per heavy atom. The van der Waals surface area contributed by atoms with Crippen molar-refractivity contribution in [3.05, 3.63) is 47.4 Å². The van der Waals surface area contributed by atoms with Gasteiger partial charge in [0.2, 0.25) is 0 Å². The molecular formula is C16H15ClN4O2. The first-order chi connectivity index (χ1) is 11.1. The highest BCUT2D eigenvalue weighted by molar-refractivity contribution is 6.30. The molecule has 0 aliphatic heterocycles. The van der Waals surface area contributed by atoms with Crippen LogP contribution in [0.5, 0.6) is 0 Å². The summed E-state index contributed by atoms with van der Waals surface area (Å²) in [4.78, 5) is 20.6. The third-order valence-corrected chi connectivity index (χ3v) is 3.61. The van der Waals surface area contributed by atoms with E-state index >= 15 is 0 Å². The normalized spacial score (nSPS) is 10.9. The number of hydrogen-bond acceptors (Lipinski definition) is 4. The third-order valence-electron chi connectivity index (χ3n) is 3.36. The number of carbonyl (C=O) groups is 1. The van der Waals surface area contributed by atoms with Crippen molar-refractivity contribution in [2.45, 2.75) is 6.92 Å². The second kappa shape index (κ2) is 6.36. The Hall–Kier alpha value is -2.44. The van der Waals surface area contributed by atoms with Crippen molar-refractivity contribution in [2.24, 2.45) is 0 Å².